The Labute approximate surface area is 99.9 Å². The van der Waals surface area contributed by atoms with E-state index in [-0.39, 0.29) is 16.9 Å². The van der Waals surface area contributed by atoms with Crippen LogP contribution in [-0.2, 0) is 5.41 Å². The summed E-state index contributed by atoms with van der Waals surface area (Å²) in [6.45, 7) is 5.76. The quantitative estimate of drug-likeness (QED) is 0.813. The van der Waals surface area contributed by atoms with Crippen LogP contribution in [0.25, 0.3) is 0 Å². The van der Waals surface area contributed by atoms with Crippen molar-refractivity contribution in [3.05, 3.63) is 11.8 Å². The summed E-state index contributed by atoms with van der Waals surface area (Å²) in [4.78, 5) is 15.1. The number of nitrogens with two attached hydrogens (primary N) is 2. The zero-order valence-electron chi connectivity index (χ0n) is 10.4. The Morgan fingerprint density at radius 3 is 2.41 bits per heavy atom. The van der Waals surface area contributed by atoms with Gasteiger partial charge in [-0.3, -0.25) is 0 Å². The fourth-order valence-corrected chi connectivity index (χ4v) is 1.35. The van der Waals surface area contributed by atoms with E-state index in [1.807, 2.05) is 20.8 Å². The first-order valence-corrected chi connectivity index (χ1v) is 5.08. The summed E-state index contributed by atoms with van der Waals surface area (Å²) in [7, 11) is 1.49. The summed E-state index contributed by atoms with van der Waals surface area (Å²) in [6, 6.07) is 1.48. The number of nitrogen functional groups attached to an aromatic ring is 1. The maximum absolute atomic E-state index is 10.8. The molecule has 1 aromatic rings. The Bertz CT molecular complexity index is 438. The van der Waals surface area contributed by atoms with Crippen molar-refractivity contribution in [1.82, 2.24) is 4.98 Å². The van der Waals surface area contributed by atoms with E-state index in [1.54, 1.807) is 0 Å². The number of pyridine rings is 1. The molecule has 4 N–H and O–H groups in total. The maximum atomic E-state index is 10.8. The van der Waals surface area contributed by atoms with Gasteiger partial charge in [-0.05, 0) is 0 Å². The Kier molecular flexibility index (Phi) is 3.45. The van der Waals surface area contributed by atoms with E-state index >= 15 is 0 Å². The fraction of sp³-hybridized carbons (Fsp3) is 0.455. The molecule has 1 aromatic heterocycles. The minimum Gasteiger partial charge on any atom is -0.481 e. The lowest BCUT2D eigenvalue weighted by Gasteiger charge is -2.22. The van der Waals surface area contributed by atoms with Gasteiger partial charge < -0.3 is 20.9 Å². The first-order valence-electron chi connectivity index (χ1n) is 5.08. The Hall–Kier alpha value is -1.98. The SMILES string of the molecule is COc1cc(N)c(OC(N)=O)c(C(C)(C)C)n1. The molecule has 0 saturated carbocycles. The molecule has 0 atom stereocenters. The average Bonchev–Trinajstić information content (AvgIpc) is 2.18. The molecule has 0 aromatic carbocycles. The van der Waals surface area contributed by atoms with Crippen LogP contribution in [0.3, 0.4) is 0 Å². The number of methoxy groups -OCH3 is 1. The summed E-state index contributed by atoms with van der Waals surface area (Å²) >= 11 is 0. The van der Waals surface area contributed by atoms with Gasteiger partial charge in [0, 0.05) is 11.5 Å². The van der Waals surface area contributed by atoms with Gasteiger partial charge in [0.25, 0.3) is 0 Å². The van der Waals surface area contributed by atoms with Crippen LogP contribution in [-0.4, -0.2) is 18.2 Å². The number of carbonyl (C=O) groups is 1. The van der Waals surface area contributed by atoms with Gasteiger partial charge in [0.1, 0.15) is 0 Å². The highest BCUT2D eigenvalue weighted by Crippen LogP contribution is 2.36. The minimum atomic E-state index is -0.922. The normalized spacial score (nSPS) is 11.1. The first-order chi connectivity index (χ1) is 7.75. The number of ether oxygens (including phenoxy) is 2. The zero-order chi connectivity index (χ0) is 13.2. The summed E-state index contributed by atoms with van der Waals surface area (Å²) in [5.41, 5.74) is 11.2. The van der Waals surface area contributed by atoms with Crippen LogP contribution in [0.1, 0.15) is 26.5 Å². The zero-order valence-corrected chi connectivity index (χ0v) is 10.4. The van der Waals surface area contributed by atoms with Crippen molar-refractivity contribution in [2.75, 3.05) is 12.8 Å². The Morgan fingerprint density at radius 2 is 2.00 bits per heavy atom. The van der Waals surface area contributed by atoms with E-state index in [0.717, 1.165) is 0 Å². The van der Waals surface area contributed by atoms with Gasteiger partial charge in [-0.2, -0.15) is 0 Å². The molecule has 0 saturated heterocycles. The van der Waals surface area contributed by atoms with E-state index in [2.05, 4.69) is 4.98 Å². The van der Waals surface area contributed by atoms with E-state index in [1.165, 1.54) is 13.2 Å². The van der Waals surface area contributed by atoms with Gasteiger partial charge in [-0.15, -0.1) is 0 Å². The second-order valence-electron chi connectivity index (χ2n) is 4.60. The molecule has 1 rings (SSSR count). The maximum Gasteiger partial charge on any atom is 0.410 e. The lowest BCUT2D eigenvalue weighted by Crippen LogP contribution is -2.22. The van der Waals surface area contributed by atoms with Gasteiger partial charge >= 0.3 is 6.09 Å². The number of aromatic nitrogens is 1. The van der Waals surface area contributed by atoms with Crippen LogP contribution in [0.2, 0.25) is 0 Å². The Morgan fingerprint density at radius 1 is 1.41 bits per heavy atom. The predicted molar refractivity (Wildman–Crippen MR) is 64.1 cm³/mol. The van der Waals surface area contributed by atoms with Crippen LogP contribution in [0.5, 0.6) is 11.6 Å². The predicted octanol–water partition coefficient (Wildman–Crippen LogP) is 1.43. The highest BCUT2D eigenvalue weighted by molar-refractivity contribution is 5.72. The highest BCUT2D eigenvalue weighted by Gasteiger charge is 2.25. The molecule has 0 unspecified atom stereocenters. The van der Waals surface area contributed by atoms with Gasteiger partial charge in [-0.25, -0.2) is 9.78 Å². The number of carbonyl (C=O) groups excluding carboxylic acids is 1. The molecule has 0 bridgehead atoms. The van der Waals surface area contributed by atoms with Crippen LogP contribution in [0.4, 0.5) is 10.5 Å². The number of hydrogen-bond acceptors (Lipinski definition) is 5. The molecular formula is C11H17N3O3. The molecule has 1 amide bonds. The molecule has 17 heavy (non-hydrogen) atoms. The van der Waals surface area contributed by atoms with Crippen molar-refractivity contribution in [3.63, 3.8) is 0 Å². The number of amides is 1. The minimum absolute atomic E-state index is 0.186. The summed E-state index contributed by atoms with van der Waals surface area (Å²) < 4.78 is 9.93. The topological polar surface area (TPSA) is 100 Å². The first kappa shape index (κ1) is 13.1. The molecule has 0 aliphatic rings. The molecule has 6 nitrogen and oxygen atoms in total. The van der Waals surface area contributed by atoms with Gasteiger partial charge in [0.2, 0.25) is 5.88 Å². The average molecular weight is 239 g/mol. The van der Waals surface area contributed by atoms with Crippen LogP contribution < -0.4 is 20.9 Å². The van der Waals surface area contributed by atoms with Crippen molar-refractivity contribution in [2.45, 2.75) is 26.2 Å². The molecule has 0 fully saturated rings. The number of nitrogens with zero attached hydrogens (tertiary/aromatic N) is 1. The van der Waals surface area contributed by atoms with Crippen molar-refractivity contribution in [3.8, 4) is 11.6 Å². The highest BCUT2D eigenvalue weighted by atomic mass is 16.5. The molecule has 0 aliphatic carbocycles. The number of anilines is 1. The van der Waals surface area contributed by atoms with Crippen molar-refractivity contribution >= 4 is 11.8 Å². The van der Waals surface area contributed by atoms with Crippen molar-refractivity contribution in [1.29, 1.82) is 0 Å². The summed E-state index contributed by atoms with van der Waals surface area (Å²) in [5, 5.41) is 0. The second-order valence-corrected chi connectivity index (χ2v) is 4.60. The number of rotatable bonds is 2. The Balaban J connectivity index is 3.40. The smallest absolute Gasteiger partial charge is 0.410 e. The molecule has 0 spiro atoms. The van der Waals surface area contributed by atoms with Crippen LogP contribution in [0.15, 0.2) is 6.07 Å². The van der Waals surface area contributed by atoms with Crippen molar-refractivity contribution < 1.29 is 14.3 Å². The molecule has 0 aliphatic heterocycles. The molecule has 0 radical (unpaired) electrons. The fourth-order valence-electron chi connectivity index (χ4n) is 1.35. The van der Waals surface area contributed by atoms with Gasteiger partial charge in [0.15, 0.2) is 5.75 Å². The standard InChI is InChI=1S/C11H17N3O3/c1-11(2,3)9-8(17-10(13)15)6(12)5-7(14-9)16-4/h5H,1-4H3,(H2,12,14)(H2,13,15). The van der Waals surface area contributed by atoms with E-state index in [9.17, 15) is 4.79 Å². The molecular weight excluding hydrogens is 222 g/mol. The molecule has 94 valence electrons. The largest absolute Gasteiger partial charge is 0.481 e. The summed E-state index contributed by atoms with van der Waals surface area (Å²) in [6.07, 6.45) is -0.922. The number of hydrogen-bond donors (Lipinski definition) is 2. The summed E-state index contributed by atoms with van der Waals surface area (Å²) in [5.74, 6) is 0.551. The third kappa shape index (κ3) is 2.99. The van der Waals surface area contributed by atoms with E-state index in [4.69, 9.17) is 20.9 Å². The number of primary amides is 1. The molecule has 1 heterocycles. The lowest BCUT2D eigenvalue weighted by atomic mass is 9.90. The molecule has 6 heteroatoms. The second kappa shape index (κ2) is 4.48. The third-order valence-electron chi connectivity index (χ3n) is 2.10. The van der Waals surface area contributed by atoms with Crippen LogP contribution in [0, 0.1) is 0 Å². The van der Waals surface area contributed by atoms with E-state index < -0.39 is 6.09 Å². The van der Waals surface area contributed by atoms with E-state index in [0.29, 0.717) is 11.6 Å². The lowest BCUT2D eigenvalue weighted by molar-refractivity contribution is 0.209. The van der Waals surface area contributed by atoms with Gasteiger partial charge in [0.05, 0.1) is 18.5 Å². The third-order valence-corrected chi connectivity index (χ3v) is 2.10. The van der Waals surface area contributed by atoms with Crippen LogP contribution >= 0.6 is 0 Å². The monoisotopic (exact) mass is 239 g/mol. The van der Waals surface area contributed by atoms with Gasteiger partial charge in [-0.1, -0.05) is 20.8 Å². The van der Waals surface area contributed by atoms with Crippen molar-refractivity contribution in [2.24, 2.45) is 5.73 Å².